The zero-order chi connectivity index (χ0) is 24.0. The van der Waals surface area contributed by atoms with E-state index in [4.69, 9.17) is 16.3 Å². The van der Waals surface area contributed by atoms with Crippen LogP contribution >= 0.6 is 23.4 Å². The maximum atomic E-state index is 12.6. The molecule has 2 amide bonds. The maximum Gasteiger partial charge on any atom is 0.270 e. The van der Waals surface area contributed by atoms with Gasteiger partial charge in [0.05, 0.1) is 22.3 Å². The van der Waals surface area contributed by atoms with Crippen molar-refractivity contribution in [3.8, 4) is 5.75 Å². The molecule has 2 N–H and O–H groups in total. The van der Waals surface area contributed by atoms with Gasteiger partial charge in [-0.25, -0.2) is 0 Å². The van der Waals surface area contributed by atoms with E-state index in [0.29, 0.717) is 22.1 Å². The summed E-state index contributed by atoms with van der Waals surface area (Å²) in [6.07, 6.45) is 0. The number of carbonyl (C=O) groups excluding carboxylic acids is 2. The Kier molecular flexibility index (Phi) is 7.92. The quantitative estimate of drug-likeness (QED) is 0.243. The first-order chi connectivity index (χ1) is 15.8. The Morgan fingerprint density at radius 3 is 2.45 bits per heavy atom. The van der Waals surface area contributed by atoms with Crippen LogP contribution in [0.3, 0.4) is 0 Å². The van der Waals surface area contributed by atoms with E-state index in [1.54, 1.807) is 43.3 Å². The van der Waals surface area contributed by atoms with Gasteiger partial charge in [-0.15, -0.1) is 11.8 Å². The Morgan fingerprint density at radius 2 is 1.76 bits per heavy atom. The number of ether oxygens (including phenoxy) is 1. The summed E-state index contributed by atoms with van der Waals surface area (Å²) in [5, 5.41) is 16.4. The first-order valence-corrected chi connectivity index (χ1v) is 11.0. The van der Waals surface area contributed by atoms with Gasteiger partial charge in [0, 0.05) is 34.0 Å². The molecule has 1 unspecified atom stereocenters. The van der Waals surface area contributed by atoms with Crippen molar-refractivity contribution in [2.24, 2.45) is 0 Å². The number of benzene rings is 3. The van der Waals surface area contributed by atoms with E-state index in [1.165, 1.54) is 43.1 Å². The Bertz CT molecular complexity index is 1200. The van der Waals surface area contributed by atoms with E-state index in [-0.39, 0.29) is 17.2 Å². The van der Waals surface area contributed by atoms with Crippen LogP contribution in [0.2, 0.25) is 5.02 Å². The molecule has 33 heavy (non-hydrogen) atoms. The molecule has 0 saturated carbocycles. The number of methoxy groups -OCH3 is 1. The molecule has 10 heteroatoms. The number of anilines is 2. The molecule has 0 aliphatic carbocycles. The van der Waals surface area contributed by atoms with Crippen molar-refractivity contribution in [3.05, 3.63) is 87.4 Å². The Balaban J connectivity index is 1.63. The normalized spacial score (nSPS) is 11.4. The summed E-state index contributed by atoms with van der Waals surface area (Å²) in [6, 6.07) is 17.5. The lowest BCUT2D eigenvalue weighted by Gasteiger charge is -2.14. The second-order valence-corrected chi connectivity index (χ2v) is 8.71. The zero-order valence-corrected chi connectivity index (χ0v) is 19.3. The number of carbonyl (C=O) groups is 2. The van der Waals surface area contributed by atoms with Crippen LogP contribution in [-0.4, -0.2) is 29.1 Å². The van der Waals surface area contributed by atoms with Crippen molar-refractivity contribution in [1.82, 2.24) is 0 Å². The Hall–Kier alpha value is -3.56. The monoisotopic (exact) mass is 485 g/mol. The minimum Gasteiger partial charge on any atom is -0.495 e. The molecule has 0 aromatic heterocycles. The molecule has 1 atom stereocenters. The first kappa shape index (κ1) is 24.1. The van der Waals surface area contributed by atoms with Crippen LogP contribution in [0.15, 0.2) is 71.6 Å². The second-order valence-electron chi connectivity index (χ2n) is 6.89. The summed E-state index contributed by atoms with van der Waals surface area (Å²) < 4.78 is 5.11. The SMILES string of the molecule is COc1ccc(NC(=O)C(C)Sc2cccc(NC(=O)c3cccc([N+](=O)[O-])c3)c2)cc1Cl. The van der Waals surface area contributed by atoms with Crippen LogP contribution < -0.4 is 15.4 Å². The molecule has 0 aliphatic heterocycles. The molecule has 0 aliphatic rings. The summed E-state index contributed by atoms with van der Waals surface area (Å²) in [6.45, 7) is 1.76. The zero-order valence-electron chi connectivity index (χ0n) is 17.7. The molecular weight excluding hydrogens is 466 g/mol. The molecular formula is C23H20ClN3O5S. The number of thioether (sulfide) groups is 1. The first-order valence-electron chi connectivity index (χ1n) is 9.73. The lowest BCUT2D eigenvalue weighted by Crippen LogP contribution is -2.22. The molecule has 3 aromatic carbocycles. The summed E-state index contributed by atoms with van der Waals surface area (Å²) in [4.78, 5) is 36.2. The fourth-order valence-corrected chi connectivity index (χ4v) is 4.04. The Morgan fingerprint density at radius 1 is 1.03 bits per heavy atom. The topological polar surface area (TPSA) is 111 Å². The number of hydrogen-bond donors (Lipinski definition) is 2. The second kappa shape index (κ2) is 10.8. The van der Waals surface area contributed by atoms with Gasteiger partial charge in [0.2, 0.25) is 5.91 Å². The van der Waals surface area contributed by atoms with E-state index in [1.807, 2.05) is 6.07 Å². The van der Waals surface area contributed by atoms with E-state index < -0.39 is 16.1 Å². The van der Waals surface area contributed by atoms with E-state index in [9.17, 15) is 19.7 Å². The highest BCUT2D eigenvalue weighted by molar-refractivity contribution is 8.00. The summed E-state index contributed by atoms with van der Waals surface area (Å²) in [5.74, 6) is -0.170. The van der Waals surface area contributed by atoms with Crippen LogP contribution in [-0.2, 0) is 4.79 Å². The number of nitrogens with one attached hydrogen (secondary N) is 2. The predicted octanol–water partition coefficient (Wildman–Crippen LogP) is 5.63. The minimum absolute atomic E-state index is 0.162. The highest BCUT2D eigenvalue weighted by atomic mass is 35.5. The van der Waals surface area contributed by atoms with Crippen molar-refractivity contribution in [2.45, 2.75) is 17.1 Å². The average molecular weight is 486 g/mol. The van der Waals surface area contributed by atoms with Gasteiger partial charge in [-0.05, 0) is 49.4 Å². The molecule has 0 heterocycles. The molecule has 0 radical (unpaired) electrons. The molecule has 0 bridgehead atoms. The van der Waals surface area contributed by atoms with Crippen molar-refractivity contribution >= 4 is 52.2 Å². The molecule has 3 rings (SSSR count). The number of nitro groups is 1. The van der Waals surface area contributed by atoms with E-state index >= 15 is 0 Å². The Labute approximate surface area is 199 Å². The fraction of sp³-hybridized carbons (Fsp3) is 0.130. The van der Waals surface area contributed by atoms with Crippen molar-refractivity contribution in [1.29, 1.82) is 0 Å². The van der Waals surface area contributed by atoms with Gasteiger partial charge in [-0.3, -0.25) is 19.7 Å². The maximum absolute atomic E-state index is 12.6. The van der Waals surface area contributed by atoms with Gasteiger partial charge >= 0.3 is 0 Å². The van der Waals surface area contributed by atoms with Crippen LogP contribution in [0.25, 0.3) is 0 Å². The third-order valence-electron chi connectivity index (χ3n) is 4.51. The van der Waals surface area contributed by atoms with E-state index in [2.05, 4.69) is 10.6 Å². The van der Waals surface area contributed by atoms with Crippen LogP contribution in [0.4, 0.5) is 17.1 Å². The molecule has 3 aromatic rings. The standard InChI is InChI=1S/C23H20ClN3O5S/c1-14(22(28)25-17-9-10-21(32-2)20(24)13-17)33-19-8-4-6-16(12-19)26-23(29)15-5-3-7-18(11-15)27(30)31/h3-14H,1-2H3,(H,25,28)(H,26,29). The van der Waals surface area contributed by atoms with Gasteiger partial charge in [-0.1, -0.05) is 23.7 Å². The number of nitro benzene ring substituents is 1. The number of amides is 2. The van der Waals surface area contributed by atoms with Crippen molar-refractivity contribution in [2.75, 3.05) is 17.7 Å². The van der Waals surface area contributed by atoms with Gasteiger partial charge in [0.15, 0.2) is 0 Å². The van der Waals surface area contributed by atoms with Gasteiger partial charge in [0.1, 0.15) is 5.75 Å². The van der Waals surface area contributed by atoms with Crippen LogP contribution in [0, 0.1) is 10.1 Å². The number of non-ortho nitro benzene ring substituents is 1. The minimum atomic E-state index is -0.555. The van der Waals surface area contributed by atoms with Crippen molar-refractivity contribution in [3.63, 3.8) is 0 Å². The van der Waals surface area contributed by atoms with Gasteiger partial charge < -0.3 is 15.4 Å². The van der Waals surface area contributed by atoms with Crippen molar-refractivity contribution < 1.29 is 19.2 Å². The smallest absolute Gasteiger partial charge is 0.270 e. The average Bonchev–Trinajstić information content (AvgIpc) is 2.79. The van der Waals surface area contributed by atoms with E-state index in [0.717, 1.165) is 4.90 Å². The molecule has 0 saturated heterocycles. The molecule has 8 nitrogen and oxygen atoms in total. The largest absolute Gasteiger partial charge is 0.495 e. The number of nitrogens with zero attached hydrogens (tertiary/aromatic N) is 1. The predicted molar refractivity (Wildman–Crippen MR) is 129 cm³/mol. The molecule has 0 spiro atoms. The summed E-state index contributed by atoms with van der Waals surface area (Å²) in [5.41, 5.74) is 1.07. The molecule has 0 fully saturated rings. The lowest BCUT2D eigenvalue weighted by atomic mass is 10.2. The number of halogens is 1. The highest BCUT2D eigenvalue weighted by Gasteiger charge is 2.16. The summed E-state index contributed by atoms with van der Waals surface area (Å²) >= 11 is 7.42. The van der Waals surface area contributed by atoms with Gasteiger partial charge in [0.25, 0.3) is 11.6 Å². The fourth-order valence-electron chi connectivity index (χ4n) is 2.86. The summed E-state index contributed by atoms with van der Waals surface area (Å²) in [7, 11) is 1.51. The van der Waals surface area contributed by atoms with Crippen LogP contribution in [0.1, 0.15) is 17.3 Å². The highest BCUT2D eigenvalue weighted by Crippen LogP contribution is 2.29. The third kappa shape index (κ3) is 6.47. The van der Waals surface area contributed by atoms with Gasteiger partial charge in [-0.2, -0.15) is 0 Å². The molecule has 170 valence electrons. The van der Waals surface area contributed by atoms with Crippen LogP contribution in [0.5, 0.6) is 5.75 Å². The third-order valence-corrected chi connectivity index (χ3v) is 5.90. The number of rotatable bonds is 8. The lowest BCUT2D eigenvalue weighted by molar-refractivity contribution is -0.384. The number of hydrogen-bond acceptors (Lipinski definition) is 6.